The van der Waals surface area contributed by atoms with Crippen LogP contribution in [0.2, 0.25) is 0 Å². The Hall–Kier alpha value is -1.63. The van der Waals surface area contributed by atoms with Crippen molar-refractivity contribution < 1.29 is 4.92 Å². The largest absolute Gasteiger partial charge is 0.367 e. The molecule has 0 unspecified atom stereocenters. The topological polar surface area (TPSA) is 74.2 Å². The summed E-state index contributed by atoms with van der Waals surface area (Å²) in [4.78, 5) is 15.4. The second-order valence-electron chi connectivity index (χ2n) is 4.02. The molecule has 1 aromatic rings. The molecule has 0 saturated carbocycles. The first kappa shape index (κ1) is 12.8. The van der Waals surface area contributed by atoms with E-state index in [1.807, 2.05) is 0 Å². The number of nitrogens with one attached hydrogen (secondary N) is 2. The summed E-state index contributed by atoms with van der Waals surface area (Å²) in [6, 6.07) is 1.47. The van der Waals surface area contributed by atoms with E-state index >= 15 is 0 Å². The monoisotopic (exact) mass is 268 g/mol. The van der Waals surface area contributed by atoms with Gasteiger partial charge in [-0.25, -0.2) is 0 Å². The zero-order valence-electron chi connectivity index (χ0n) is 9.96. The minimum atomic E-state index is -0.384. The third kappa shape index (κ3) is 3.43. The van der Waals surface area contributed by atoms with Crippen LogP contribution in [0.4, 0.5) is 11.5 Å². The Kier molecular flexibility index (Phi) is 4.52. The van der Waals surface area contributed by atoms with E-state index in [2.05, 4.69) is 26.8 Å². The van der Waals surface area contributed by atoms with Gasteiger partial charge in [0.1, 0.15) is 0 Å². The molecule has 2 rings (SSSR count). The van der Waals surface area contributed by atoms with E-state index in [1.165, 1.54) is 6.07 Å². The van der Waals surface area contributed by atoms with Crippen molar-refractivity contribution in [3.63, 3.8) is 0 Å². The Morgan fingerprint density at radius 1 is 1.56 bits per heavy atom. The van der Waals surface area contributed by atoms with Crippen LogP contribution in [0.25, 0.3) is 0 Å². The van der Waals surface area contributed by atoms with Gasteiger partial charge in [0.15, 0.2) is 5.82 Å². The number of anilines is 1. The van der Waals surface area contributed by atoms with Crippen molar-refractivity contribution in [2.75, 3.05) is 24.3 Å². The highest BCUT2D eigenvalue weighted by Gasteiger charge is 2.13. The van der Waals surface area contributed by atoms with Crippen LogP contribution in [0.15, 0.2) is 23.9 Å². The zero-order valence-corrected chi connectivity index (χ0v) is 10.8. The average Bonchev–Trinajstić information content (AvgIpc) is 2.98. The molecule has 1 aliphatic rings. The molecule has 0 spiro atoms. The van der Waals surface area contributed by atoms with Crippen LogP contribution in [0, 0.1) is 10.1 Å². The molecule has 0 fully saturated rings. The fraction of sp³-hybridized carbons (Fsp3) is 0.455. The molecule has 6 nitrogen and oxygen atoms in total. The number of hydrogen-bond donors (Lipinski definition) is 2. The van der Waals surface area contributed by atoms with Crippen LogP contribution in [0.1, 0.15) is 12.8 Å². The maximum atomic E-state index is 10.7. The van der Waals surface area contributed by atoms with Gasteiger partial charge in [0, 0.05) is 31.6 Å². The molecule has 1 aliphatic heterocycles. The highest BCUT2D eigenvalue weighted by Crippen LogP contribution is 2.21. The standard InChI is InChI=1S/C11H16N4O2S/c16-15(17)10-3-5-13-11(10)12-4-1-2-6-14-7-8-18-9-14/h3,5,7-8,12-13H,1-2,4,6,9H2. The summed E-state index contributed by atoms with van der Waals surface area (Å²) in [6.07, 6.45) is 5.75. The molecule has 98 valence electrons. The highest BCUT2D eigenvalue weighted by molar-refractivity contribution is 8.02. The summed E-state index contributed by atoms with van der Waals surface area (Å²) in [7, 11) is 0. The summed E-state index contributed by atoms with van der Waals surface area (Å²) in [5.74, 6) is 1.53. The molecule has 0 bridgehead atoms. The lowest BCUT2D eigenvalue weighted by molar-refractivity contribution is -0.383. The number of rotatable bonds is 7. The summed E-state index contributed by atoms with van der Waals surface area (Å²) in [5.41, 5.74) is 0.105. The Labute approximate surface area is 110 Å². The maximum absolute atomic E-state index is 10.7. The van der Waals surface area contributed by atoms with Gasteiger partial charge in [0.2, 0.25) is 0 Å². The van der Waals surface area contributed by atoms with Gasteiger partial charge in [-0.05, 0) is 18.2 Å². The third-order valence-electron chi connectivity index (χ3n) is 2.70. The van der Waals surface area contributed by atoms with Crippen LogP contribution < -0.4 is 5.32 Å². The van der Waals surface area contributed by atoms with Crippen molar-refractivity contribution in [2.45, 2.75) is 12.8 Å². The Morgan fingerprint density at radius 3 is 3.17 bits per heavy atom. The molecule has 0 aliphatic carbocycles. The predicted molar refractivity (Wildman–Crippen MR) is 73.5 cm³/mol. The van der Waals surface area contributed by atoms with E-state index in [4.69, 9.17) is 0 Å². The Bertz CT molecular complexity index is 432. The Balaban J connectivity index is 1.64. The number of aromatic amines is 1. The first-order chi connectivity index (χ1) is 8.77. The summed E-state index contributed by atoms with van der Waals surface area (Å²) < 4.78 is 0. The van der Waals surface area contributed by atoms with Crippen molar-refractivity contribution in [3.8, 4) is 0 Å². The van der Waals surface area contributed by atoms with Gasteiger partial charge in [0.25, 0.3) is 0 Å². The zero-order chi connectivity index (χ0) is 12.8. The van der Waals surface area contributed by atoms with Gasteiger partial charge >= 0.3 is 5.69 Å². The molecule has 7 heteroatoms. The average molecular weight is 268 g/mol. The van der Waals surface area contributed by atoms with Gasteiger partial charge in [-0.1, -0.05) is 0 Å². The number of unbranched alkanes of at least 4 members (excludes halogenated alkanes) is 1. The van der Waals surface area contributed by atoms with Gasteiger partial charge in [0.05, 0.1) is 10.8 Å². The minimum Gasteiger partial charge on any atom is -0.367 e. The third-order valence-corrected chi connectivity index (χ3v) is 3.50. The predicted octanol–water partition coefficient (Wildman–Crippen LogP) is 2.59. The first-order valence-corrected chi connectivity index (χ1v) is 6.90. The van der Waals surface area contributed by atoms with Crippen LogP contribution >= 0.6 is 11.8 Å². The quantitative estimate of drug-likeness (QED) is 0.451. The molecule has 0 radical (unpaired) electrons. The molecular weight excluding hydrogens is 252 g/mol. The lowest BCUT2D eigenvalue weighted by atomic mass is 10.3. The highest BCUT2D eigenvalue weighted by atomic mass is 32.2. The molecule has 0 atom stereocenters. The van der Waals surface area contributed by atoms with E-state index in [0.717, 1.165) is 31.8 Å². The first-order valence-electron chi connectivity index (χ1n) is 5.85. The smallest absolute Gasteiger partial charge is 0.310 e. The molecule has 1 aromatic heterocycles. The van der Waals surface area contributed by atoms with Crippen LogP contribution in [0.5, 0.6) is 0 Å². The van der Waals surface area contributed by atoms with Gasteiger partial charge in [-0.3, -0.25) is 10.1 Å². The number of aromatic nitrogens is 1. The summed E-state index contributed by atoms with van der Waals surface area (Å²) in [5, 5.41) is 15.8. The van der Waals surface area contributed by atoms with E-state index in [0.29, 0.717) is 5.82 Å². The van der Waals surface area contributed by atoms with E-state index in [-0.39, 0.29) is 10.6 Å². The second-order valence-corrected chi connectivity index (χ2v) is 4.89. The molecule has 18 heavy (non-hydrogen) atoms. The van der Waals surface area contributed by atoms with E-state index in [9.17, 15) is 10.1 Å². The molecule has 0 amide bonds. The maximum Gasteiger partial charge on any atom is 0.310 e. The molecule has 2 N–H and O–H groups in total. The lowest BCUT2D eigenvalue weighted by Gasteiger charge is -2.13. The SMILES string of the molecule is O=[N+]([O-])c1cc[nH]c1NCCCCN1C=CSC1. The van der Waals surface area contributed by atoms with Crippen molar-refractivity contribution in [2.24, 2.45) is 0 Å². The number of nitrogens with zero attached hydrogens (tertiary/aromatic N) is 2. The van der Waals surface area contributed by atoms with Crippen molar-refractivity contribution in [1.29, 1.82) is 0 Å². The Morgan fingerprint density at radius 2 is 2.44 bits per heavy atom. The second kappa shape index (κ2) is 6.34. The minimum absolute atomic E-state index is 0.105. The molecule has 2 heterocycles. The number of H-pyrrole nitrogens is 1. The van der Waals surface area contributed by atoms with Crippen LogP contribution in [-0.4, -0.2) is 33.8 Å². The van der Waals surface area contributed by atoms with Crippen LogP contribution in [0.3, 0.4) is 0 Å². The number of thioether (sulfide) groups is 1. The lowest BCUT2D eigenvalue weighted by Crippen LogP contribution is -2.15. The fourth-order valence-electron chi connectivity index (χ4n) is 1.76. The van der Waals surface area contributed by atoms with E-state index in [1.54, 1.807) is 18.0 Å². The summed E-state index contributed by atoms with van der Waals surface area (Å²) in [6.45, 7) is 1.78. The number of hydrogen-bond acceptors (Lipinski definition) is 5. The van der Waals surface area contributed by atoms with Crippen molar-refractivity contribution in [1.82, 2.24) is 9.88 Å². The molecule has 0 aromatic carbocycles. The van der Waals surface area contributed by atoms with Crippen molar-refractivity contribution >= 4 is 23.3 Å². The fourth-order valence-corrected chi connectivity index (χ4v) is 2.51. The number of nitro groups is 1. The van der Waals surface area contributed by atoms with Crippen molar-refractivity contribution in [3.05, 3.63) is 34.0 Å². The van der Waals surface area contributed by atoms with Gasteiger partial charge < -0.3 is 15.2 Å². The molecular formula is C11H16N4O2S. The normalized spacial score (nSPS) is 14.1. The van der Waals surface area contributed by atoms with Crippen LogP contribution in [-0.2, 0) is 0 Å². The van der Waals surface area contributed by atoms with Gasteiger partial charge in [-0.2, -0.15) is 0 Å². The van der Waals surface area contributed by atoms with Gasteiger partial charge in [-0.15, -0.1) is 11.8 Å². The van der Waals surface area contributed by atoms with E-state index < -0.39 is 0 Å². The summed E-state index contributed by atoms with van der Waals surface area (Å²) >= 11 is 1.80. The molecule has 0 saturated heterocycles.